The molecule has 5 nitrogen and oxygen atoms in total. The smallest absolute Gasteiger partial charge is 0.317 e. The molecular formula is C15H26N2O3. The van der Waals surface area contributed by atoms with Gasteiger partial charge in [0.25, 0.3) is 0 Å². The van der Waals surface area contributed by atoms with Crippen molar-refractivity contribution in [2.24, 2.45) is 0 Å². The Kier molecular flexibility index (Phi) is 4.17. The molecule has 114 valence electrons. The lowest BCUT2D eigenvalue weighted by atomic mass is 9.89. The normalized spacial score (nSPS) is 33.4. The number of hydrogen-bond acceptors (Lipinski definition) is 3. The van der Waals surface area contributed by atoms with Gasteiger partial charge in [0.05, 0.1) is 11.7 Å². The van der Waals surface area contributed by atoms with Crippen molar-refractivity contribution in [1.82, 2.24) is 10.2 Å². The van der Waals surface area contributed by atoms with E-state index in [0.29, 0.717) is 6.54 Å². The standard InChI is InChI=1S/C15H26N2O3/c18-13-4-3-8-17(11-13)14(19)16-12-5-9-20-15(10-12)6-1-2-7-15/h12-13,18H,1-11H2,(H,16,19)/t12-,13-/m1/s1. The quantitative estimate of drug-likeness (QED) is 0.768. The first kappa shape index (κ1) is 14.1. The predicted octanol–water partition coefficient (Wildman–Crippen LogP) is 1.64. The molecule has 1 aliphatic carbocycles. The fourth-order valence-electron chi connectivity index (χ4n) is 3.92. The third kappa shape index (κ3) is 3.09. The summed E-state index contributed by atoms with van der Waals surface area (Å²) >= 11 is 0. The van der Waals surface area contributed by atoms with E-state index >= 15 is 0 Å². The van der Waals surface area contributed by atoms with Gasteiger partial charge in [0, 0.05) is 25.7 Å². The van der Waals surface area contributed by atoms with Gasteiger partial charge in [-0.05, 0) is 38.5 Å². The summed E-state index contributed by atoms with van der Waals surface area (Å²) in [5.74, 6) is 0. The van der Waals surface area contributed by atoms with Gasteiger partial charge >= 0.3 is 6.03 Å². The molecule has 3 aliphatic rings. The van der Waals surface area contributed by atoms with Crippen LogP contribution in [0.3, 0.4) is 0 Å². The molecule has 20 heavy (non-hydrogen) atoms. The average molecular weight is 282 g/mol. The molecule has 0 bridgehead atoms. The third-order valence-corrected chi connectivity index (χ3v) is 5.02. The molecule has 0 aromatic rings. The van der Waals surface area contributed by atoms with Gasteiger partial charge in [-0.15, -0.1) is 0 Å². The van der Waals surface area contributed by atoms with Crippen LogP contribution in [0.25, 0.3) is 0 Å². The monoisotopic (exact) mass is 282 g/mol. The SMILES string of the molecule is O=C(N[C@@H]1CCOC2(CCCC2)C1)N1CCC[C@@H](O)C1. The molecule has 2 N–H and O–H groups in total. The number of aliphatic hydroxyl groups is 1. The Hall–Kier alpha value is -0.810. The van der Waals surface area contributed by atoms with E-state index in [1.54, 1.807) is 4.90 Å². The molecule has 0 aromatic heterocycles. The largest absolute Gasteiger partial charge is 0.391 e. The first-order chi connectivity index (χ1) is 9.67. The Morgan fingerprint density at radius 2 is 2.05 bits per heavy atom. The van der Waals surface area contributed by atoms with Crippen molar-refractivity contribution in [2.45, 2.75) is 69.1 Å². The molecule has 1 saturated carbocycles. The van der Waals surface area contributed by atoms with Crippen molar-refractivity contribution in [3.05, 3.63) is 0 Å². The first-order valence-corrected chi connectivity index (χ1v) is 8.04. The second-order valence-corrected chi connectivity index (χ2v) is 6.62. The van der Waals surface area contributed by atoms with Gasteiger partial charge in [-0.3, -0.25) is 0 Å². The molecule has 3 fully saturated rings. The van der Waals surface area contributed by atoms with E-state index in [-0.39, 0.29) is 23.8 Å². The summed E-state index contributed by atoms with van der Waals surface area (Å²) in [6.07, 6.45) is 7.99. The number of urea groups is 1. The van der Waals surface area contributed by atoms with Crippen molar-refractivity contribution in [1.29, 1.82) is 0 Å². The number of piperidine rings is 1. The molecule has 0 unspecified atom stereocenters. The van der Waals surface area contributed by atoms with Crippen molar-refractivity contribution in [3.8, 4) is 0 Å². The van der Waals surface area contributed by atoms with Gasteiger partial charge in [0.15, 0.2) is 0 Å². The van der Waals surface area contributed by atoms with Crippen LogP contribution in [0.4, 0.5) is 4.79 Å². The number of carbonyl (C=O) groups is 1. The van der Waals surface area contributed by atoms with Crippen LogP contribution in [0.2, 0.25) is 0 Å². The number of carbonyl (C=O) groups excluding carboxylic acids is 1. The molecule has 2 amide bonds. The number of amides is 2. The highest BCUT2D eigenvalue weighted by atomic mass is 16.5. The molecule has 3 rings (SSSR count). The van der Waals surface area contributed by atoms with E-state index in [0.717, 1.165) is 51.7 Å². The van der Waals surface area contributed by atoms with E-state index in [2.05, 4.69) is 5.32 Å². The zero-order chi connectivity index (χ0) is 14.0. The van der Waals surface area contributed by atoms with Crippen molar-refractivity contribution >= 4 is 6.03 Å². The van der Waals surface area contributed by atoms with Crippen LogP contribution in [-0.2, 0) is 4.74 Å². The van der Waals surface area contributed by atoms with Crippen LogP contribution in [0.15, 0.2) is 0 Å². The van der Waals surface area contributed by atoms with Crippen LogP contribution < -0.4 is 5.32 Å². The number of aliphatic hydroxyl groups excluding tert-OH is 1. The summed E-state index contributed by atoms with van der Waals surface area (Å²) in [5, 5.41) is 12.8. The Balaban J connectivity index is 1.53. The topological polar surface area (TPSA) is 61.8 Å². The van der Waals surface area contributed by atoms with Crippen molar-refractivity contribution < 1.29 is 14.6 Å². The number of rotatable bonds is 1. The van der Waals surface area contributed by atoms with E-state index < -0.39 is 0 Å². The molecule has 0 aromatic carbocycles. The minimum Gasteiger partial charge on any atom is -0.391 e. The van der Waals surface area contributed by atoms with E-state index in [1.165, 1.54) is 12.8 Å². The van der Waals surface area contributed by atoms with Gasteiger partial charge in [-0.25, -0.2) is 4.79 Å². The number of β-amino-alcohol motifs (C(OH)–C–C–N with tert-alkyl or cyclic N) is 1. The van der Waals surface area contributed by atoms with Gasteiger partial charge in [0.2, 0.25) is 0 Å². The lowest BCUT2D eigenvalue weighted by Gasteiger charge is -2.39. The molecule has 2 aliphatic heterocycles. The predicted molar refractivity (Wildman–Crippen MR) is 75.5 cm³/mol. The third-order valence-electron chi connectivity index (χ3n) is 5.02. The van der Waals surface area contributed by atoms with E-state index in [4.69, 9.17) is 4.74 Å². The van der Waals surface area contributed by atoms with Gasteiger partial charge in [-0.2, -0.15) is 0 Å². The molecule has 2 heterocycles. The van der Waals surface area contributed by atoms with Gasteiger partial charge < -0.3 is 20.1 Å². The summed E-state index contributed by atoms with van der Waals surface area (Å²) in [4.78, 5) is 14.0. The van der Waals surface area contributed by atoms with Crippen molar-refractivity contribution in [3.63, 3.8) is 0 Å². The van der Waals surface area contributed by atoms with E-state index in [1.807, 2.05) is 0 Å². The second-order valence-electron chi connectivity index (χ2n) is 6.62. The maximum atomic E-state index is 12.3. The summed E-state index contributed by atoms with van der Waals surface area (Å²) in [6, 6.07) is 0.220. The minimum atomic E-state index is -0.356. The van der Waals surface area contributed by atoms with Crippen molar-refractivity contribution in [2.75, 3.05) is 19.7 Å². The number of nitrogens with one attached hydrogen (secondary N) is 1. The highest BCUT2D eigenvalue weighted by Crippen LogP contribution is 2.39. The maximum absolute atomic E-state index is 12.3. The minimum absolute atomic E-state index is 0.0104. The van der Waals surface area contributed by atoms with Crippen LogP contribution in [0.1, 0.15) is 51.4 Å². The molecular weight excluding hydrogens is 256 g/mol. The number of likely N-dealkylation sites (tertiary alicyclic amines) is 1. The summed E-state index contributed by atoms with van der Waals surface area (Å²) in [7, 11) is 0. The lowest BCUT2D eigenvalue weighted by Crippen LogP contribution is -2.53. The number of hydrogen-bond donors (Lipinski definition) is 2. The average Bonchev–Trinajstić information content (AvgIpc) is 2.87. The molecule has 2 saturated heterocycles. The van der Waals surface area contributed by atoms with E-state index in [9.17, 15) is 9.90 Å². The van der Waals surface area contributed by atoms with Crippen LogP contribution >= 0.6 is 0 Å². The highest BCUT2D eigenvalue weighted by Gasteiger charge is 2.40. The molecule has 2 atom stereocenters. The van der Waals surface area contributed by atoms with Gasteiger partial charge in [-0.1, -0.05) is 12.8 Å². The highest BCUT2D eigenvalue weighted by molar-refractivity contribution is 5.74. The summed E-state index contributed by atoms with van der Waals surface area (Å²) < 4.78 is 6.00. The second kappa shape index (κ2) is 5.90. The lowest BCUT2D eigenvalue weighted by molar-refractivity contribution is -0.0825. The zero-order valence-corrected chi connectivity index (χ0v) is 12.1. The molecule has 1 spiro atoms. The Morgan fingerprint density at radius 3 is 2.80 bits per heavy atom. The maximum Gasteiger partial charge on any atom is 0.317 e. The fourth-order valence-corrected chi connectivity index (χ4v) is 3.92. The number of nitrogens with zero attached hydrogens (tertiary/aromatic N) is 1. The van der Waals surface area contributed by atoms with Crippen LogP contribution in [0, 0.1) is 0 Å². The zero-order valence-electron chi connectivity index (χ0n) is 12.1. The van der Waals surface area contributed by atoms with Crippen LogP contribution in [-0.4, -0.2) is 53.5 Å². The van der Waals surface area contributed by atoms with Crippen LogP contribution in [0.5, 0.6) is 0 Å². The fraction of sp³-hybridized carbons (Fsp3) is 0.933. The Morgan fingerprint density at radius 1 is 1.25 bits per heavy atom. The molecule has 0 radical (unpaired) electrons. The Labute approximate surface area is 120 Å². The van der Waals surface area contributed by atoms with Gasteiger partial charge in [0.1, 0.15) is 0 Å². The molecule has 5 heteroatoms. The Bertz CT molecular complexity index is 355. The number of ether oxygens (including phenoxy) is 1. The summed E-state index contributed by atoms with van der Waals surface area (Å²) in [5.41, 5.74) is 0.0393. The summed E-state index contributed by atoms with van der Waals surface area (Å²) in [6.45, 7) is 1.99. The first-order valence-electron chi connectivity index (χ1n) is 8.04.